The van der Waals surface area contributed by atoms with Crippen molar-refractivity contribution < 1.29 is 9.84 Å². The lowest BCUT2D eigenvalue weighted by Gasteiger charge is -2.13. The van der Waals surface area contributed by atoms with Crippen LogP contribution in [-0.2, 0) is 11.3 Å². The number of aliphatic hydroxyl groups is 1. The van der Waals surface area contributed by atoms with Crippen molar-refractivity contribution in [3.05, 3.63) is 21.4 Å². The van der Waals surface area contributed by atoms with E-state index in [0.29, 0.717) is 13.2 Å². The largest absolute Gasteiger partial charge is 0.389 e. The molecule has 17 heavy (non-hydrogen) atoms. The third-order valence-corrected chi connectivity index (χ3v) is 3.67. The molecule has 1 unspecified atom stereocenters. The average Bonchev–Trinajstić information content (AvgIpc) is 2.55. The predicted molar refractivity (Wildman–Crippen MR) is 72.6 cm³/mol. The minimum absolute atomic E-state index is 0.173. The molecule has 0 aromatic carbocycles. The van der Waals surface area contributed by atoms with Gasteiger partial charge in [-0.15, -0.1) is 11.3 Å². The summed E-state index contributed by atoms with van der Waals surface area (Å²) in [6.07, 6.45) is -0.258. The summed E-state index contributed by atoms with van der Waals surface area (Å²) in [7, 11) is 0. The van der Waals surface area contributed by atoms with Crippen LogP contribution in [0.4, 0.5) is 0 Å². The maximum Gasteiger partial charge on any atom is 0.0897 e. The van der Waals surface area contributed by atoms with Gasteiger partial charge in [0.1, 0.15) is 0 Å². The molecule has 0 aliphatic rings. The maximum absolute atomic E-state index is 9.65. The van der Waals surface area contributed by atoms with Gasteiger partial charge in [0, 0.05) is 22.8 Å². The Balaban J connectivity index is 2.19. The topological polar surface area (TPSA) is 41.5 Å². The summed E-state index contributed by atoms with van der Waals surface area (Å²) in [6, 6.07) is 2.20. The highest BCUT2D eigenvalue weighted by Crippen LogP contribution is 2.20. The molecule has 1 atom stereocenters. The molecule has 98 valence electrons. The molecule has 3 nitrogen and oxygen atoms in total. The summed E-state index contributed by atoms with van der Waals surface area (Å²) in [5, 5.41) is 12.9. The Kier molecular flexibility index (Phi) is 6.12. The third-order valence-electron chi connectivity index (χ3n) is 2.52. The van der Waals surface area contributed by atoms with Crippen molar-refractivity contribution >= 4 is 11.3 Å². The molecule has 1 aromatic heterocycles. The summed E-state index contributed by atoms with van der Waals surface area (Å²) in [5.41, 5.74) is 1.34. The highest BCUT2D eigenvalue weighted by atomic mass is 32.1. The van der Waals surface area contributed by atoms with E-state index in [2.05, 4.69) is 25.2 Å². The first-order valence-electron chi connectivity index (χ1n) is 6.05. The van der Waals surface area contributed by atoms with Gasteiger partial charge in [0.05, 0.1) is 18.8 Å². The van der Waals surface area contributed by atoms with E-state index in [1.165, 1.54) is 15.3 Å². The highest BCUT2D eigenvalue weighted by Gasteiger charge is 2.06. The average molecular weight is 257 g/mol. The maximum atomic E-state index is 9.65. The van der Waals surface area contributed by atoms with Crippen LogP contribution in [0, 0.1) is 13.8 Å². The van der Waals surface area contributed by atoms with Crippen LogP contribution in [-0.4, -0.2) is 30.5 Å². The van der Waals surface area contributed by atoms with E-state index in [1.807, 2.05) is 25.2 Å². The second-order valence-electron chi connectivity index (χ2n) is 4.62. The summed E-state index contributed by atoms with van der Waals surface area (Å²) >= 11 is 1.81. The van der Waals surface area contributed by atoms with E-state index >= 15 is 0 Å². The lowest BCUT2D eigenvalue weighted by atomic mass is 10.3. The predicted octanol–water partition coefficient (Wildman–Crippen LogP) is 2.24. The van der Waals surface area contributed by atoms with Gasteiger partial charge in [-0.1, -0.05) is 0 Å². The first-order chi connectivity index (χ1) is 7.99. The normalized spacial score (nSPS) is 13.3. The van der Waals surface area contributed by atoms with Gasteiger partial charge in [-0.05, 0) is 39.3 Å². The monoisotopic (exact) mass is 257 g/mol. The first kappa shape index (κ1) is 14.6. The Morgan fingerprint density at radius 1 is 1.41 bits per heavy atom. The van der Waals surface area contributed by atoms with Gasteiger partial charge >= 0.3 is 0 Å². The van der Waals surface area contributed by atoms with Crippen molar-refractivity contribution in [3.8, 4) is 0 Å². The van der Waals surface area contributed by atoms with E-state index in [-0.39, 0.29) is 6.10 Å². The van der Waals surface area contributed by atoms with Crippen LogP contribution < -0.4 is 5.32 Å². The van der Waals surface area contributed by atoms with Gasteiger partial charge in [0.15, 0.2) is 0 Å². The molecule has 0 bridgehead atoms. The van der Waals surface area contributed by atoms with Crippen molar-refractivity contribution in [1.29, 1.82) is 0 Å². The van der Waals surface area contributed by atoms with Gasteiger partial charge < -0.3 is 15.2 Å². The van der Waals surface area contributed by atoms with Crippen molar-refractivity contribution in [2.75, 3.05) is 13.2 Å². The molecule has 0 saturated heterocycles. The third kappa shape index (κ3) is 5.64. The molecule has 0 saturated carbocycles. The first-order valence-corrected chi connectivity index (χ1v) is 6.87. The van der Waals surface area contributed by atoms with Crippen LogP contribution in [0.3, 0.4) is 0 Å². The van der Waals surface area contributed by atoms with Crippen molar-refractivity contribution in [1.82, 2.24) is 5.32 Å². The molecule has 0 amide bonds. The highest BCUT2D eigenvalue weighted by molar-refractivity contribution is 7.12. The Hall–Kier alpha value is -0.420. The van der Waals surface area contributed by atoms with E-state index in [4.69, 9.17) is 4.74 Å². The Morgan fingerprint density at radius 2 is 2.12 bits per heavy atom. The van der Waals surface area contributed by atoms with E-state index in [0.717, 1.165) is 6.54 Å². The zero-order valence-corrected chi connectivity index (χ0v) is 11.9. The van der Waals surface area contributed by atoms with Crippen LogP contribution in [0.2, 0.25) is 0 Å². The minimum Gasteiger partial charge on any atom is -0.389 e. The van der Waals surface area contributed by atoms with Gasteiger partial charge in [-0.2, -0.15) is 0 Å². The van der Waals surface area contributed by atoms with Crippen LogP contribution in [0.15, 0.2) is 6.07 Å². The number of hydrogen-bond acceptors (Lipinski definition) is 4. The fourth-order valence-corrected chi connectivity index (χ4v) is 2.48. The molecule has 1 aromatic rings. The fraction of sp³-hybridized carbons (Fsp3) is 0.692. The lowest BCUT2D eigenvalue weighted by molar-refractivity contribution is 0.00632. The van der Waals surface area contributed by atoms with E-state index < -0.39 is 6.10 Å². The zero-order chi connectivity index (χ0) is 12.8. The molecular formula is C13H23NO2S. The standard InChI is InChI=1S/C13H23NO2S/c1-9(2)16-8-12(15)6-14-7-13-5-10(3)11(4)17-13/h5,9,12,14-15H,6-8H2,1-4H3. The lowest BCUT2D eigenvalue weighted by Crippen LogP contribution is -2.30. The molecule has 0 spiro atoms. The summed E-state index contributed by atoms with van der Waals surface area (Å²) in [6.45, 7) is 9.98. The van der Waals surface area contributed by atoms with E-state index in [9.17, 15) is 5.11 Å². The summed E-state index contributed by atoms with van der Waals surface area (Å²) in [5.74, 6) is 0. The van der Waals surface area contributed by atoms with Crippen LogP contribution in [0.25, 0.3) is 0 Å². The number of hydrogen-bond donors (Lipinski definition) is 2. The molecule has 1 heterocycles. The molecule has 2 N–H and O–H groups in total. The second-order valence-corrected chi connectivity index (χ2v) is 5.96. The second kappa shape index (κ2) is 7.11. The Morgan fingerprint density at radius 3 is 2.65 bits per heavy atom. The van der Waals surface area contributed by atoms with Gasteiger partial charge in [-0.25, -0.2) is 0 Å². The Bertz CT molecular complexity index is 317. The molecule has 4 heteroatoms. The Labute approximate surface area is 108 Å². The number of aliphatic hydroxyl groups excluding tert-OH is 1. The molecule has 1 rings (SSSR count). The molecule has 0 aliphatic heterocycles. The molecule has 0 fully saturated rings. The summed E-state index contributed by atoms with van der Waals surface area (Å²) in [4.78, 5) is 2.68. The van der Waals surface area contributed by atoms with E-state index in [1.54, 1.807) is 0 Å². The number of nitrogens with one attached hydrogen (secondary N) is 1. The van der Waals surface area contributed by atoms with Gasteiger partial charge in [0.2, 0.25) is 0 Å². The fourth-order valence-electron chi connectivity index (χ4n) is 1.46. The minimum atomic E-state index is -0.431. The van der Waals surface area contributed by atoms with Crippen molar-refractivity contribution in [2.45, 2.75) is 46.4 Å². The van der Waals surface area contributed by atoms with Crippen molar-refractivity contribution in [3.63, 3.8) is 0 Å². The number of ether oxygens (including phenoxy) is 1. The van der Waals surface area contributed by atoms with Crippen LogP contribution >= 0.6 is 11.3 Å². The van der Waals surface area contributed by atoms with Crippen molar-refractivity contribution in [2.24, 2.45) is 0 Å². The summed E-state index contributed by atoms with van der Waals surface area (Å²) < 4.78 is 5.34. The number of rotatable bonds is 7. The van der Waals surface area contributed by atoms with Gasteiger partial charge in [-0.3, -0.25) is 0 Å². The SMILES string of the molecule is Cc1cc(CNCC(O)COC(C)C)sc1C. The van der Waals surface area contributed by atoms with Crippen LogP contribution in [0.1, 0.15) is 29.2 Å². The zero-order valence-electron chi connectivity index (χ0n) is 11.1. The number of thiophene rings is 1. The quantitative estimate of drug-likeness (QED) is 0.787. The molecular weight excluding hydrogens is 234 g/mol. The molecule has 0 radical (unpaired) electrons. The van der Waals surface area contributed by atoms with Gasteiger partial charge in [0.25, 0.3) is 0 Å². The number of aryl methyl sites for hydroxylation is 2. The van der Waals surface area contributed by atoms with Crippen LogP contribution in [0.5, 0.6) is 0 Å². The smallest absolute Gasteiger partial charge is 0.0897 e. The molecule has 0 aliphatic carbocycles.